The quantitative estimate of drug-likeness (QED) is 0.861. The number of hydrogen-bond acceptors (Lipinski definition) is 4. The first-order chi connectivity index (χ1) is 11.2. The average Bonchev–Trinajstić information content (AvgIpc) is 3.08. The number of hydrogen-bond donors (Lipinski definition) is 2. The highest BCUT2D eigenvalue weighted by molar-refractivity contribution is 6.02. The SMILES string of the molecule is CNC(=O)c1nn(C)cc1NC(=O)C(C)n1nc(C(F)F)cc1C. The van der Waals surface area contributed by atoms with E-state index >= 15 is 0 Å². The summed E-state index contributed by atoms with van der Waals surface area (Å²) in [5.74, 6) is -0.950. The topological polar surface area (TPSA) is 93.8 Å². The zero-order chi connectivity index (χ0) is 18.0. The number of nitrogens with one attached hydrogen (secondary N) is 2. The molecule has 0 aromatic carbocycles. The van der Waals surface area contributed by atoms with E-state index in [0.29, 0.717) is 5.69 Å². The molecule has 0 fully saturated rings. The number of rotatable bonds is 5. The van der Waals surface area contributed by atoms with Crippen molar-refractivity contribution < 1.29 is 18.4 Å². The predicted molar refractivity (Wildman–Crippen MR) is 81.9 cm³/mol. The summed E-state index contributed by atoms with van der Waals surface area (Å²) in [6, 6.07) is 0.393. The Morgan fingerprint density at radius 1 is 1.29 bits per heavy atom. The monoisotopic (exact) mass is 340 g/mol. The molecule has 10 heteroatoms. The highest BCUT2D eigenvalue weighted by Crippen LogP contribution is 2.21. The highest BCUT2D eigenvalue weighted by atomic mass is 19.3. The molecule has 2 aromatic rings. The van der Waals surface area contributed by atoms with Crippen molar-refractivity contribution in [1.82, 2.24) is 24.9 Å². The number of amides is 2. The average molecular weight is 340 g/mol. The maximum Gasteiger partial charge on any atom is 0.282 e. The molecule has 2 aromatic heterocycles. The van der Waals surface area contributed by atoms with Gasteiger partial charge >= 0.3 is 0 Å². The van der Waals surface area contributed by atoms with Gasteiger partial charge in [0.05, 0.1) is 5.69 Å². The molecule has 0 bridgehead atoms. The second-order valence-electron chi connectivity index (χ2n) is 5.27. The fourth-order valence-electron chi connectivity index (χ4n) is 2.23. The molecule has 130 valence electrons. The van der Waals surface area contributed by atoms with Crippen LogP contribution in [0.1, 0.15) is 41.3 Å². The number of alkyl halides is 2. The Morgan fingerprint density at radius 2 is 1.96 bits per heavy atom. The van der Waals surface area contributed by atoms with Crippen LogP contribution in [0.2, 0.25) is 0 Å². The van der Waals surface area contributed by atoms with E-state index in [0.717, 1.165) is 0 Å². The van der Waals surface area contributed by atoms with Crippen LogP contribution in [0.25, 0.3) is 0 Å². The molecule has 2 amide bonds. The van der Waals surface area contributed by atoms with Crippen LogP contribution >= 0.6 is 0 Å². The van der Waals surface area contributed by atoms with E-state index in [4.69, 9.17) is 0 Å². The summed E-state index contributed by atoms with van der Waals surface area (Å²) < 4.78 is 28.0. The van der Waals surface area contributed by atoms with E-state index < -0.39 is 24.3 Å². The lowest BCUT2D eigenvalue weighted by Crippen LogP contribution is -2.27. The number of nitrogens with zero attached hydrogens (tertiary/aromatic N) is 4. The van der Waals surface area contributed by atoms with Crippen molar-refractivity contribution in [2.75, 3.05) is 12.4 Å². The van der Waals surface area contributed by atoms with Crippen molar-refractivity contribution in [1.29, 1.82) is 0 Å². The molecule has 8 nitrogen and oxygen atoms in total. The van der Waals surface area contributed by atoms with Crippen molar-refractivity contribution >= 4 is 17.5 Å². The Labute approximate surface area is 136 Å². The van der Waals surface area contributed by atoms with Gasteiger partial charge in [0.25, 0.3) is 12.3 Å². The van der Waals surface area contributed by atoms with Crippen LogP contribution in [0, 0.1) is 6.92 Å². The fraction of sp³-hybridized carbons (Fsp3) is 0.429. The predicted octanol–water partition coefficient (Wildman–Crippen LogP) is 1.42. The third kappa shape index (κ3) is 3.42. The minimum atomic E-state index is -2.71. The number of anilines is 1. The van der Waals surface area contributed by atoms with Gasteiger partial charge in [-0.3, -0.25) is 19.0 Å². The molecule has 0 aliphatic heterocycles. The minimum absolute atomic E-state index is 0.0611. The zero-order valence-electron chi connectivity index (χ0n) is 13.7. The van der Waals surface area contributed by atoms with Crippen LogP contribution in [0.4, 0.5) is 14.5 Å². The Hall–Kier alpha value is -2.78. The van der Waals surface area contributed by atoms with E-state index in [1.165, 1.54) is 35.6 Å². The summed E-state index contributed by atoms with van der Waals surface area (Å²) in [6.07, 6.45) is -1.23. The van der Waals surface area contributed by atoms with Crippen molar-refractivity contribution in [3.05, 3.63) is 29.3 Å². The van der Waals surface area contributed by atoms with Crippen LogP contribution in [0.3, 0.4) is 0 Å². The standard InChI is InChI=1S/C14H18F2N6O2/c1-7-5-9(12(15)16)19-22(7)8(2)13(23)18-10-6-21(4)20-11(10)14(24)17-3/h5-6,8,12H,1-4H3,(H,17,24)(H,18,23). The van der Waals surface area contributed by atoms with Gasteiger partial charge in [0.2, 0.25) is 5.91 Å². The van der Waals surface area contributed by atoms with Gasteiger partial charge in [-0.1, -0.05) is 0 Å². The van der Waals surface area contributed by atoms with E-state index in [9.17, 15) is 18.4 Å². The molecule has 0 radical (unpaired) electrons. The van der Waals surface area contributed by atoms with Crippen LogP contribution < -0.4 is 10.6 Å². The van der Waals surface area contributed by atoms with E-state index in [1.54, 1.807) is 14.0 Å². The van der Waals surface area contributed by atoms with Gasteiger partial charge in [-0.25, -0.2) is 8.78 Å². The Bertz CT molecular complexity index is 767. The number of halogens is 2. The highest BCUT2D eigenvalue weighted by Gasteiger charge is 2.24. The van der Waals surface area contributed by atoms with E-state index in [1.807, 2.05) is 0 Å². The summed E-state index contributed by atoms with van der Waals surface area (Å²) >= 11 is 0. The van der Waals surface area contributed by atoms with Gasteiger partial charge in [-0.2, -0.15) is 10.2 Å². The summed E-state index contributed by atoms with van der Waals surface area (Å²) in [7, 11) is 3.06. The second-order valence-corrected chi connectivity index (χ2v) is 5.27. The molecular weight excluding hydrogens is 322 g/mol. The Kier molecular flexibility index (Phi) is 4.96. The summed E-state index contributed by atoms with van der Waals surface area (Å²) in [6.45, 7) is 3.11. The molecule has 0 spiro atoms. The maximum absolute atomic E-state index is 12.7. The summed E-state index contributed by atoms with van der Waals surface area (Å²) in [5, 5.41) is 12.7. The molecule has 2 rings (SSSR count). The number of carbonyl (C=O) groups is 2. The van der Waals surface area contributed by atoms with Gasteiger partial charge < -0.3 is 10.6 Å². The molecular formula is C14H18F2N6O2. The third-order valence-electron chi connectivity index (χ3n) is 3.44. The largest absolute Gasteiger partial charge is 0.354 e. The fourth-order valence-corrected chi connectivity index (χ4v) is 2.23. The summed E-state index contributed by atoms with van der Waals surface area (Å²) in [4.78, 5) is 24.2. The summed E-state index contributed by atoms with van der Waals surface area (Å²) in [5.41, 5.74) is 0.337. The van der Waals surface area contributed by atoms with Gasteiger partial charge in [0.15, 0.2) is 5.69 Å². The normalized spacial score (nSPS) is 12.3. The lowest BCUT2D eigenvalue weighted by atomic mass is 10.2. The first-order valence-electron chi connectivity index (χ1n) is 7.15. The minimum Gasteiger partial charge on any atom is -0.354 e. The second kappa shape index (κ2) is 6.77. The van der Waals surface area contributed by atoms with Gasteiger partial charge in [-0.15, -0.1) is 0 Å². The number of carbonyl (C=O) groups excluding carboxylic acids is 2. The van der Waals surface area contributed by atoms with Crippen molar-refractivity contribution in [3.63, 3.8) is 0 Å². The zero-order valence-corrected chi connectivity index (χ0v) is 13.7. The van der Waals surface area contributed by atoms with Crippen LogP contribution in [0.15, 0.2) is 12.3 Å². The van der Waals surface area contributed by atoms with Crippen molar-refractivity contribution in [3.8, 4) is 0 Å². The van der Waals surface area contributed by atoms with Gasteiger partial charge in [0.1, 0.15) is 11.7 Å². The molecule has 24 heavy (non-hydrogen) atoms. The lowest BCUT2D eigenvalue weighted by Gasteiger charge is -2.14. The first kappa shape index (κ1) is 17.6. The first-order valence-corrected chi connectivity index (χ1v) is 7.15. The molecule has 0 aliphatic carbocycles. The van der Waals surface area contributed by atoms with Crippen LogP contribution in [-0.4, -0.2) is 38.4 Å². The maximum atomic E-state index is 12.7. The van der Waals surface area contributed by atoms with Crippen LogP contribution in [-0.2, 0) is 11.8 Å². The van der Waals surface area contributed by atoms with Gasteiger partial charge in [0, 0.05) is 26.0 Å². The molecule has 0 saturated heterocycles. The van der Waals surface area contributed by atoms with Gasteiger partial charge in [-0.05, 0) is 19.9 Å². The van der Waals surface area contributed by atoms with Crippen LogP contribution in [0.5, 0.6) is 0 Å². The number of aryl methyl sites for hydroxylation is 2. The lowest BCUT2D eigenvalue weighted by molar-refractivity contribution is -0.119. The third-order valence-corrected chi connectivity index (χ3v) is 3.44. The Balaban J connectivity index is 2.22. The molecule has 2 heterocycles. The molecule has 1 unspecified atom stereocenters. The number of aromatic nitrogens is 4. The molecule has 2 N–H and O–H groups in total. The molecule has 0 aliphatic rings. The van der Waals surface area contributed by atoms with Crippen molar-refractivity contribution in [2.45, 2.75) is 26.3 Å². The molecule has 0 saturated carbocycles. The Morgan fingerprint density at radius 3 is 2.50 bits per heavy atom. The van der Waals surface area contributed by atoms with E-state index in [-0.39, 0.29) is 17.1 Å². The van der Waals surface area contributed by atoms with Crippen molar-refractivity contribution in [2.24, 2.45) is 7.05 Å². The molecule has 1 atom stereocenters. The van der Waals surface area contributed by atoms with E-state index in [2.05, 4.69) is 20.8 Å². The smallest absolute Gasteiger partial charge is 0.282 e.